The monoisotopic (exact) mass is 305 g/mol. The molecule has 0 N–H and O–H groups in total. The molecule has 2 aromatic rings. The van der Waals surface area contributed by atoms with Crippen LogP contribution in [0.4, 0.5) is 0 Å². The molecule has 0 radical (unpaired) electrons. The summed E-state index contributed by atoms with van der Waals surface area (Å²) in [6, 6.07) is 5.49. The number of pyridine rings is 1. The lowest BCUT2D eigenvalue weighted by Crippen LogP contribution is -2.03. The van der Waals surface area contributed by atoms with Crippen molar-refractivity contribution >= 4 is 33.6 Å². The zero-order chi connectivity index (χ0) is 13.1. The summed E-state index contributed by atoms with van der Waals surface area (Å²) < 4.78 is 7.16. The van der Waals surface area contributed by atoms with Gasteiger partial charge >= 0.3 is 5.97 Å². The molecule has 0 saturated carbocycles. The van der Waals surface area contributed by atoms with Crippen LogP contribution in [0.3, 0.4) is 0 Å². The first-order valence-electron chi connectivity index (χ1n) is 4.98. The zero-order valence-corrected chi connectivity index (χ0v) is 11.0. The second-order valence-corrected chi connectivity index (χ2v) is 4.34. The van der Waals surface area contributed by atoms with Crippen molar-refractivity contribution in [3.05, 3.63) is 40.3 Å². The number of ether oxygens (including phenoxy) is 1. The third-order valence-electron chi connectivity index (χ3n) is 2.32. The molecule has 5 nitrogen and oxygen atoms in total. The van der Waals surface area contributed by atoms with Crippen molar-refractivity contribution in [1.82, 2.24) is 9.38 Å². The van der Waals surface area contributed by atoms with E-state index < -0.39 is 5.97 Å². The first-order valence-corrected chi connectivity index (χ1v) is 5.77. The molecular weight excluding hydrogens is 298 g/mol. The fourth-order valence-electron chi connectivity index (χ4n) is 1.47. The Morgan fingerprint density at radius 2 is 2.39 bits per heavy atom. The molecule has 0 fully saturated rings. The van der Waals surface area contributed by atoms with E-state index in [0.29, 0.717) is 5.69 Å². The molecule has 0 unspecified atom stereocenters. The molecule has 0 aromatic carbocycles. The van der Waals surface area contributed by atoms with Crippen LogP contribution in [0.15, 0.2) is 34.6 Å². The molecule has 2 rings (SSSR count). The summed E-state index contributed by atoms with van der Waals surface area (Å²) >= 11 is 3.35. The van der Waals surface area contributed by atoms with Gasteiger partial charge in [0.05, 0.1) is 19.0 Å². The number of halogens is 1. The normalized spacial score (nSPS) is 11.3. The number of imidazole rings is 1. The van der Waals surface area contributed by atoms with Gasteiger partial charge < -0.3 is 4.74 Å². The minimum atomic E-state index is -0.664. The maximum Gasteiger partial charge on any atom is 0.348 e. The summed E-state index contributed by atoms with van der Waals surface area (Å²) in [5.74, 6) is -0.664. The molecule has 6 heteroatoms. The SMILES string of the molecule is COC(=O)/C(C#N)=C/c1cnc2ccc(Br)cn12. The number of fused-ring (bicyclic) bond motifs is 1. The minimum Gasteiger partial charge on any atom is -0.465 e. The quantitative estimate of drug-likeness (QED) is 0.484. The van der Waals surface area contributed by atoms with Gasteiger partial charge in [-0.3, -0.25) is 4.40 Å². The van der Waals surface area contributed by atoms with Gasteiger partial charge in [-0.15, -0.1) is 0 Å². The van der Waals surface area contributed by atoms with Crippen LogP contribution in [0.5, 0.6) is 0 Å². The van der Waals surface area contributed by atoms with Crippen molar-refractivity contribution in [1.29, 1.82) is 5.26 Å². The molecule has 0 aliphatic rings. The Hall–Kier alpha value is -2.13. The molecule has 2 heterocycles. The van der Waals surface area contributed by atoms with Gasteiger partial charge in [0, 0.05) is 10.7 Å². The highest BCUT2D eigenvalue weighted by molar-refractivity contribution is 9.10. The highest BCUT2D eigenvalue weighted by Crippen LogP contribution is 2.15. The largest absolute Gasteiger partial charge is 0.465 e. The lowest BCUT2D eigenvalue weighted by Gasteiger charge is -1.99. The van der Waals surface area contributed by atoms with Crippen LogP contribution >= 0.6 is 15.9 Å². The Morgan fingerprint density at radius 1 is 1.61 bits per heavy atom. The van der Waals surface area contributed by atoms with Crippen molar-refractivity contribution in [2.24, 2.45) is 0 Å². The van der Waals surface area contributed by atoms with Crippen LogP contribution in [0.1, 0.15) is 5.69 Å². The van der Waals surface area contributed by atoms with Gasteiger partial charge in [0.15, 0.2) is 0 Å². The van der Waals surface area contributed by atoms with Crippen LogP contribution < -0.4 is 0 Å². The average molecular weight is 306 g/mol. The molecule has 0 aliphatic heterocycles. The van der Waals surface area contributed by atoms with Gasteiger partial charge in [-0.1, -0.05) is 0 Å². The molecule has 2 aromatic heterocycles. The number of hydrogen-bond donors (Lipinski definition) is 0. The van der Waals surface area contributed by atoms with Crippen molar-refractivity contribution < 1.29 is 9.53 Å². The first kappa shape index (κ1) is 12.3. The van der Waals surface area contributed by atoms with Crippen molar-refractivity contribution in [2.75, 3.05) is 7.11 Å². The Balaban J connectivity index is 2.55. The van der Waals surface area contributed by atoms with Crippen LogP contribution in [0.25, 0.3) is 11.7 Å². The summed E-state index contributed by atoms with van der Waals surface area (Å²) in [7, 11) is 1.23. The lowest BCUT2D eigenvalue weighted by molar-refractivity contribution is -0.135. The molecule has 0 aliphatic carbocycles. The molecule has 90 valence electrons. The fourth-order valence-corrected chi connectivity index (χ4v) is 1.81. The molecule has 0 saturated heterocycles. The lowest BCUT2D eigenvalue weighted by atomic mass is 10.2. The van der Waals surface area contributed by atoms with Crippen LogP contribution in [-0.4, -0.2) is 22.5 Å². The second-order valence-electron chi connectivity index (χ2n) is 3.42. The van der Waals surface area contributed by atoms with E-state index in [1.54, 1.807) is 22.9 Å². The summed E-state index contributed by atoms with van der Waals surface area (Å²) in [4.78, 5) is 15.5. The number of nitriles is 1. The van der Waals surface area contributed by atoms with Crippen molar-refractivity contribution in [3.8, 4) is 6.07 Å². The molecular formula is C12H8BrN3O2. The number of carbonyl (C=O) groups is 1. The summed E-state index contributed by atoms with van der Waals surface area (Å²) in [5, 5.41) is 8.89. The van der Waals surface area contributed by atoms with E-state index in [0.717, 1.165) is 10.1 Å². The Morgan fingerprint density at radius 3 is 3.06 bits per heavy atom. The van der Waals surface area contributed by atoms with Gasteiger partial charge in [0.2, 0.25) is 0 Å². The van der Waals surface area contributed by atoms with Gasteiger partial charge in [-0.2, -0.15) is 5.26 Å². The molecule has 0 amide bonds. The fraction of sp³-hybridized carbons (Fsp3) is 0.0833. The predicted molar refractivity (Wildman–Crippen MR) is 68.5 cm³/mol. The smallest absolute Gasteiger partial charge is 0.348 e. The zero-order valence-electron chi connectivity index (χ0n) is 9.42. The molecule has 0 atom stereocenters. The van der Waals surface area contributed by atoms with E-state index in [-0.39, 0.29) is 5.57 Å². The predicted octanol–water partition coefficient (Wildman–Crippen LogP) is 2.18. The Bertz CT molecular complexity index is 682. The number of carbonyl (C=O) groups excluding carboxylic acids is 1. The van der Waals surface area contributed by atoms with E-state index in [4.69, 9.17) is 5.26 Å². The highest BCUT2D eigenvalue weighted by atomic mass is 79.9. The van der Waals surface area contributed by atoms with Crippen molar-refractivity contribution in [2.45, 2.75) is 0 Å². The maximum atomic E-state index is 11.3. The topological polar surface area (TPSA) is 67.4 Å². The highest BCUT2D eigenvalue weighted by Gasteiger charge is 2.10. The summed E-state index contributed by atoms with van der Waals surface area (Å²) in [6.07, 6.45) is 4.83. The standard InChI is InChI=1S/C12H8BrN3O2/c1-18-12(17)8(5-14)4-10-6-15-11-3-2-9(13)7-16(10)11/h2-4,6-7H,1H3/b8-4+. The second kappa shape index (κ2) is 5.02. The van der Waals surface area contributed by atoms with E-state index in [2.05, 4.69) is 25.7 Å². The third-order valence-corrected chi connectivity index (χ3v) is 2.79. The van der Waals surface area contributed by atoms with Crippen LogP contribution in [0.2, 0.25) is 0 Å². The Labute approximate surface area is 111 Å². The van der Waals surface area contributed by atoms with E-state index >= 15 is 0 Å². The summed E-state index contributed by atoms with van der Waals surface area (Å²) in [5.41, 5.74) is 1.29. The Kier molecular flexibility index (Phi) is 3.44. The number of nitrogens with zero attached hydrogens (tertiary/aromatic N) is 3. The number of rotatable bonds is 2. The first-order chi connectivity index (χ1) is 8.65. The summed E-state index contributed by atoms with van der Waals surface area (Å²) in [6.45, 7) is 0. The van der Waals surface area contributed by atoms with E-state index in [1.165, 1.54) is 13.2 Å². The van der Waals surface area contributed by atoms with Gasteiger partial charge in [0.25, 0.3) is 0 Å². The number of aromatic nitrogens is 2. The van der Waals surface area contributed by atoms with E-state index in [1.807, 2.05) is 12.1 Å². The molecule has 0 bridgehead atoms. The third kappa shape index (κ3) is 2.26. The van der Waals surface area contributed by atoms with Crippen molar-refractivity contribution in [3.63, 3.8) is 0 Å². The minimum absolute atomic E-state index is 0.0701. The van der Waals surface area contributed by atoms with Crippen LogP contribution in [0, 0.1) is 11.3 Å². The average Bonchev–Trinajstić information content (AvgIpc) is 2.77. The van der Waals surface area contributed by atoms with Gasteiger partial charge in [-0.25, -0.2) is 9.78 Å². The van der Waals surface area contributed by atoms with Gasteiger partial charge in [0.1, 0.15) is 17.3 Å². The van der Waals surface area contributed by atoms with E-state index in [9.17, 15) is 4.79 Å². The molecule has 0 spiro atoms. The van der Waals surface area contributed by atoms with Gasteiger partial charge in [-0.05, 0) is 34.1 Å². The van der Waals surface area contributed by atoms with Crippen LogP contribution in [-0.2, 0) is 9.53 Å². The molecule has 18 heavy (non-hydrogen) atoms. The number of methoxy groups -OCH3 is 1. The maximum absolute atomic E-state index is 11.3. The number of hydrogen-bond acceptors (Lipinski definition) is 4. The number of esters is 1.